The van der Waals surface area contributed by atoms with Crippen LogP contribution in [0.15, 0.2) is 47.4 Å². The molecule has 1 saturated heterocycles. The topological polar surface area (TPSA) is 122 Å². The number of piperidine rings is 1. The monoisotopic (exact) mass is 462 g/mol. The highest BCUT2D eigenvalue weighted by Crippen LogP contribution is 2.31. The molecule has 11 heteroatoms. The highest BCUT2D eigenvalue weighted by Gasteiger charge is 2.26. The third kappa shape index (κ3) is 5.17. The Kier molecular flexibility index (Phi) is 6.99. The molecule has 0 aliphatic carbocycles. The van der Waals surface area contributed by atoms with Gasteiger partial charge in [-0.25, -0.2) is 8.42 Å². The van der Waals surface area contributed by atoms with Crippen LogP contribution in [0.25, 0.3) is 0 Å². The summed E-state index contributed by atoms with van der Waals surface area (Å²) in [6.07, 6.45) is 1.94. The Morgan fingerprint density at radius 3 is 2.50 bits per heavy atom. The predicted octanol–water partition coefficient (Wildman–Crippen LogP) is 2.57. The number of rotatable bonds is 7. The van der Waals surface area contributed by atoms with Gasteiger partial charge in [-0.15, -0.1) is 0 Å². The lowest BCUT2D eigenvalue weighted by atomic mass is 10.0. The average molecular weight is 463 g/mol. The second-order valence-electron chi connectivity index (χ2n) is 7.78. The Labute approximate surface area is 187 Å². The van der Waals surface area contributed by atoms with Gasteiger partial charge in [0.1, 0.15) is 5.75 Å². The van der Waals surface area contributed by atoms with Crippen molar-refractivity contribution in [3.8, 4) is 5.75 Å². The first-order chi connectivity index (χ1) is 15.1. The summed E-state index contributed by atoms with van der Waals surface area (Å²) in [6.45, 7) is 1.29. The maximum atomic E-state index is 12.9. The molecule has 1 fully saturated rings. The fraction of sp³-hybridized carbons (Fsp3) is 0.381. The lowest BCUT2D eigenvalue weighted by Crippen LogP contribution is -2.47. The van der Waals surface area contributed by atoms with Crippen LogP contribution in [0.3, 0.4) is 0 Å². The molecule has 10 nitrogen and oxygen atoms in total. The van der Waals surface area contributed by atoms with Crippen molar-refractivity contribution in [1.29, 1.82) is 0 Å². The number of carbonyl (C=O) groups is 1. The van der Waals surface area contributed by atoms with E-state index in [0.29, 0.717) is 24.7 Å². The van der Waals surface area contributed by atoms with Crippen molar-refractivity contribution in [1.82, 2.24) is 9.80 Å². The zero-order valence-electron chi connectivity index (χ0n) is 18.1. The Balaban J connectivity index is 1.79. The molecule has 1 heterocycles. The minimum Gasteiger partial charge on any atom is -0.495 e. The van der Waals surface area contributed by atoms with Crippen molar-refractivity contribution in [3.63, 3.8) is 0 Å². The van der Waals surface area contributed by atoms with Gasteiger partial charge in [-0.2, -0.15) is 0 Å². The van der Waals surface area contributed by atoms with E-state index in [4.69, 9.17) is 4.74 Å². The molecular weight excluding hydrogens is 436 g/mol. The van der Waals surface area contributed by atoms with E-state index >= 15 is 0 Å². The van der Waals surface area contributed by atoms with Gasteiger partial charge in [0.25, 0.3) is 21.6 Å². The quantitative estimate of drug-likeness (QED) is 0.496. The second kappa shape index (κ2) is 9.53. The maximum Gasteiger partial charge on any atom is 0.271 e. The van der Waals surface area contributed by atoms with Gasteiger partial charge in [0.05, 0.1) is 22.6 Å². The first-order valence-corrected chi connectivity index (χ1v) is 11.5. The van der Waals surface area contributed by atoms with Gasteiger partial charge in [0.15, 0.2) is 0 Å². The van der Waals surface area contributed by atoms with E-state index < -0.39 is 14.9 Å². The van der Waals surface area contributed by atoms with Crippen molar-refractivity contribution in [3.05, 3.63) is 58.1 Å². The molecule has 0 aromatic heterocycles. The summed E-state index contributed by atoms with van der Waals surface area (Å²) >= 11 is 0. The fourth-order valence-corrected chi connectivity index (χ4v) is 4.67. The van der Waals surface area contributed by atoms with Gasteiger partial charge in [-0.3, -0.25) is 19.6 Å². The van der Waals surface area contributed by atoms with Gasteiger partial charge in [0.2, 0.25) is 0 Å². The van der Waals surface area contributed by atoms with Gasteiger partial charge in [0, 0.05) is 36.8 Å². The van der Waals surface area contributed by atoms with Crippen LogP contribution in [0, 0.1) is 10.1 Å². The van der Waals surface area contributed by atoms with Gasteiger partial charge in [-0.05, 0) is 57.3 Å². The number of amides is 1. The van der Waals surface area contributed by atoms with Crippen LogP contribution in [0.2, 0.25) is 0 Å². The lowest BCUT2D eigenvalue weighted by molar-refractivity contribution is -0.384. The number of non-ortho nitro benzene ring substituents is 1. The van der Waals surface area contributed by atoms with Gasteiger partial charge >= 0.3 is 0 Å². The molecule has 2 aromatic rings. The van der Waals surface area contributed by atoms with E-state index in [-0.39, 0.29) is 27.9 Å². The number of carbonyl (C=O) groups excluding carboxylic acids is 1. The number of nitro benzene ring substituents is 1. The molecule has 0 bridgehead atoms. The zero-order chi connectivity index (χ0) is 23.5. The number of likely N-dealkylation sites (tertiary alicyclic amines) is 1. The summed E-state index contributed by atoms with van der Waals surface area (Å²) in [6, 6.07) is 9.55. The molecule has 1 aliphatic heterocycles. The number of benzene rings is 2. The first kappa shape index (κ1) is 23.5. The molecule has 1 aliphatic rings. The van der Waals surface area contributed by atoms with E-state index in [2.05, 4.69) is 9.62 Å². The molecule has 0 saturated carbocycles. The number of nitro groups is 1. The van der Waals surface area contributed by atoms with Gasteiger partial charge in [-0.1, -0.05) is 0 Å². The minimum atomic E-state index is -4.06. The summed E-state index contributed by atoms with van der Waals surface area (Å²) in [4.78, 5) is 27.1. The van der Waals surface area contributed by atoms with Crippen LogP contribution in [0.4, 0.5) is 11.4 Å². The molecule has 32 heavy (non-hydrogen) atoms. The SMILES string of the molecule is COc1ccc([N+](=O)[O-])cc1NS(=O)(=O)c1ccc(C(=O)N2CCCC(N(C)C)C2)cc1. The van der Waals surface area contributed by atoms with Crippen LogP contribution in [-0.2, 0) is 10.0 Å². The lowest BCUT2D eigenvalue weighted by Gasteiger charge is -2.36. The van der Waals surface area contributed by atoms with Crippen molar-refractivity contribution >= 4 is 27.3 Å². The Morgan fingerprint density at radius 1 is 1.22 bits per heavy atom. The largest absolute Gasteiger partial charge is 0.495 e. The first-order valence-electron chi connectivity index (χ1n) is 10.0. The molecule has 0 spiro atoms. The van der Waals surface area contributed by atoms with Crippen molar-refractivity contribution in [2.45, 2.75) is 23.8 Å². The fourth-order valence-electron chi connectivity index (χ4n) is 3.61. The van der Waals surface area contributed by atoms with Gasteiger partial charge < -0.3 is 14.5 Å². The van der Waals surface area contributed by atoms with Crippen LogP contribution < -0.4 is 9.46 Å². The number of hydrogen-bond donors (Lipinski definition) is 1. The van der Waals surface area contributed by atoms with E-state index in [1.165, 1.54) is 43.5 Å². The van der Waals surface area contributed by atoms with E-state index in [1.807, 2.05) is 14.1 Å². The predicted molar refractivity (Wildman–Crippen MR) is 120 cm³/mol. The third-order valence-electron chi connectivity index (χ3n) is 5.46. The number of anilines is 1. The van der Waals surface area contributed by atoms with E-state index in [0.717, 1.165) is 18.9 Å². The number of nitrogens with one attached hydrogen (secondary N) is 1. The highest BCUT2D eigenvalue weighted by atomic mass is 32.2. The van der Waals surface area contributed by atoms with Crippen LogP contribution >= 0.6 is 0 Å². The number of hydrogen-bond acceptors (Lipinski definition) is 7. The van der Waals surface area contributed by atoms with Crippen molar-refractivity contribution < 1.29 is 22.9 Å². The van der Waals surface area contributed by atoms with Crippen molar-refractivity contribution in [2.75, 3.05) is 39.0 Å². The van der Waals surface area contributed by atoms with Crippen LogP contribution in [0.1, 0.15) is 23.2 Å². The molecular formula is C21H26N4O6S. The zero-order valence-corrected chi connectivity index (χ0v) is 19.0. The highest BCUT2D eigenvalue weighted by molar-refractivity contribution is 7.92. The van der Waals surface area contributed by atoms with Crippen LogP contribution in [-0.4, -0.2) is 69.4 Å². The molecule has 3 rings (SSSR count). The second-order valence-corrected chi connectivity index (χ2v) is 9.46. The Morgan fingerprint density at radius 2 is 1.91 bits per heavy atom. The standard InChI is InChI=1S/C21H26N4O6S/c1-23(2)17-5-4-12-24(14-17)21(26)15-6-9-18(10-7-15)32(29,30)22-19-13-16(25(27)28)8-11-20(19)31-3/h6-11,13,17,22H,4-5,12,14H2,1-3H3. The molecule has 1 unspecified atom stereocenters. The Bertz CT molecular complexity index is 1100. The van der Waals surface area contributed by atoms with E-state index in [9.17, 15) is 23.3 Å². The van der Waals surface area contributed by atoms with E-state index in [1.54, 1.807) is 4.90 Å². The maximum absolute atomic E-state index is 12.9. The molecule has 172 valence electrons. The summed E-state index contributed by atoms with van der Waals surface area (Å²) in [7, 11) is 1.25. The van der Waals surface area contributed by atoms with Crippen LogP contribution in [0.5, 0.6) is 5.75 Å². The van der Waals surface area contributed by atoms with Crippen molar-refractivity contribution in [2.24, 2.45) is 0 Å². The summed E-state index contributed by atoms with van der Waals surface area (Å²) in [5, 5.41) is 11.0. The number of nitrogens with zero attached hydrogens (tertiary/aromatic N) is 3. The average Bonchev–Trinajstić information content (AvgIpc) is 2.78. The minimum absolute atomic E-state index is 0.0510. The normalized spacial score (nSPS) is 16.6. The molecule has 0 radical (unpaired) electrons. The summed E-state index contributed by atoms with van der Waals surface area (Å²) in [5.74, 6) is 0.000304. The molecule has 1 atom stereocenters. The molecule has 2 aromatic carbocycles. The number of likely N-dealkylation sites (N-methyl/N-ethyl adjacent to an activating group) is 1. The number of sulfonamides is 1. The third-order valence-corrected chi connectivity index (χ3v) is 6.85. The number of methoxy groups -OCH3 is 1. The smallest absolute Gasteiger partial charge is 0.271 e. The number of ether oxygens (including phenoxy) is 1. The molecule has 1 amide bonds. The Hall–Kier alpha value is -3.18. The summed E-state index contributed by atoms with van der Waals surface area (Å²) in [5.41, 5.74) is 0.0724. The molecule has 1 N–H and O–H groups in total. The summed E-state index contributed by atoms with van der Waals surface area (Å²) < 4.78 is 33.1.